The van der Waals surface area contributed by atoms with Gasteiger partial charge < -0.3 is 9.80 Å². The van der Waals surface area contributed by atoms with Crippen molar-refractivity contribution in [3.63, 3.8) is 0 Å². The summed E-state index contributed by atoms with van der Waals surface area (Å²) < 4.78 is 41.3. The van der Waals surface area contributed by atoms with Crippen LogP contribution in [0.4, 0.5) is 19.1 Å². The van der Waals surface area contributed by atoms with Crippen LogP contribution in [0.3, 0.4) is 0 Å². The molecular weight excluding hydrogens is 387 g/mol. The van der Waals surface area contributed by atoms with E-state index in [2.05, 4.69) is 20.1 Å². The van der Waals surface area contributed by atoms with Crippen LogP contribution in [0.15, 0.2) is 18.7 Å². The van der Waals surface area contributed by atoms with Crippen molar-refractivity contribution < 1.29 is 18.0 Å². The number of amides is 1. The molecule has 0 spiro atoms. The average molecular weight is 411 g/mol. The molecule has 2 aromatic heterocycles. The summed E-state index contributed by atoms with van der Waals surface area (Å²) >= 11 is 0. The van der Waals surface area contributed by atoms with Gasteiger partial charge in [0.1, 0.15) is 18.3 Å². The van der Waals surface area contributed by atoms with Crippen molar-refractivity contribution in [2.24, 2.45) is 0 Å². The lowest BCUT2D eigenvalue weighted by atomic mass is 10.1. The minimum absolute atomic E-state index is 0.0256. The number of hydrogen-bond donors (Lipinski definition) is 0. The maximum atomic E-state index is 13.2. The van der Waals surface area contributed by atoms with E-state index in [0.717, 1.165) is 6.07 Å². The predicted octanol–water partition coefficient (Wildman–Crippen LogP) is 2.34. The normalized spacial score (nSPS) is 15.2. The summed E-state index contributed by atoms with van der Waals surface area (Å²) in [6.07, 6.45) is -0.442. The molecule has 29 heavy (non-hydrogen) atoms. The molecule has 0 unspecified atom stereocenters. The molecule has 0 radical (unpaired) electrons. The molecule has 1 fully saturated rings. The van der Waals surface area contributed by atoms with Crippen LogP contribution < -0.4 is 4.90 Å². The van der Waals surface area contributed by atoms with Crippen molar-refractivity contribution in [1.29, 1.82) is 0 Å². The number of aryl methyl sites for hydroxylation is 1. The van der Waals surface area contributed by atoms with Gasteiger partial charge in [-0.25, -0.2) is 15.0 Å². The van der Waals surface area contributed by atoms with E-state index >= 15 is 0 Å². The van der Waals surface area contributed by atoms with Gasteiger partial charge in [0.25, 0.3) is 0 Å². The van der Waals surface area contributed by atoms with Crippen molar-refractivity contribution in [2.45, 2.75) is 45.3 Å². The van der Waals surface area contributed by atoms with Crippen molar-refractivity contribution in [3.05, 3.63) is 30.1 Å². The van der Waals surface area contributed by atoms with Crippen LogP contribution in [0.1, 0.15) is 44.0 Å². The molecule has 0 saturated carbocycles. The second-order valence-corrected chi connectivity index (χ2v) is 7.26. The third kappa shape index (κ3) is 5.42. The molecule has 0 bridgehead atoms. The molecule has 1 amide bonds. The molecule has 1 aliphatic rings. The number of piperazine rings is 1. The zero-order chi connectivity index (χ0) is 21.0. The number of alkyl halides is 3. The summed E-state index contributed by atoms with van der Waals surface area (Å²) in [5.41, 5.74) is -0.577. The topological polar surface area (TPSA) is 80.0 Å². The summed E-state index contributed by atoms with van der Waals surface area (Å²) in [5, 5.41) is 3.99. The molecule has 0 aromatic carbocycles. The quantitative estimate of drug-likeness (QED) is 0.726. The van der Waals surface area contributed by atoms with E-state index in [4.69, 9.17) is 0 Å². The summed E-state index contributed by atoms with van der Waals surface area (Å²) in [4.78, 5) is 27.7. The number of nitrogens with zero attached hydrogens (tertiary/aromatic N) is 7. The first-order valence-corrected chi connectivity index (χ1v) is 9.55. The Balaban J connectivity index is 1.58. The Labute approximate surface area is 166 Å². The Morgan fingerprint density at radius 3 is 2.48 bits per heavy atom. The number of carbonyl (C=O) groups is 1. The SMILES string of the molecule is CC(C)c1cc(C(F)(F)F)nc(N2CCN(C(=O)CCCn3cncn3)CC2)n1. The average Bonchev–Trinajstić information content (AvgIpc) is 3.20. The first-order chi connectivity index (χ1) is 13.7. The lowest BCUT2D eigenvalue weighted by molar-refractivity contribution is -0.141. The molecule has 0 N–H and O–H groups in total. The highest BCUT2D eigenvalue weighted by Gasteiger charge is 2.35. The first kappa shape index (κ1) is 21.0. The van der Waals surface area contributed by atoms with Crippen LogP contribution in [0.2, 0.25) is 0 Å². The van der Waals surface area contributed by atoms with Gasteiger partial charge in [0.2, 0.25) is 11.9 Å². The molecule has 8 nitrogen and oxygen atoms in total. The van der Waals surface area contributed by atoms with Gasteiger partial charge in [-0.1, -0.05) is 13.8 Å². The minimum Gasteiger partial charge on any atom is -0.339 e. The molecule has 2 aromatic rings. The molecule has 1 saturated heterocycles. The highest BCUT2D eigenvalue weighted by molar-refractivity contribution is 5.76. The van der Waals surface area contributed by atoms with Crippen molar-refractivity contribution in [3.8, 4) is 0 Å². The fourth-order valence-corrected chi connectivity index (χ4v) is 3.09. The van der Waals surface area contributed by atoms with Crippen molar-refractivity contribution >= 4 is 11.9 Å². The third-order valence-corrected chi connectivity index (χ3v) is 4.78. The van der Waals surface area contributed by atoms with Gasteiger partial charge in [-0.15, -0.1) is 0 Å². The van der Waals surface area contributed by atoms with Gasteiger partial charge in [0.05, 0.1) is 0 Å². The molecular formula is C18H24F3N7O. The van der Waals surface area contributed by atoms with Crippen LogP contribution in [-0.4, -0.2) is 61.7 Å². The van der Waals surface area contributed by atoms with Gasteiger partial charge in [-0.3, -0.25) is 9.48 Å². The lowest BCUT2D eigenvalue weighted by Gasteiger charge is -2.35. The largest absolute Gasteiger partial charge is 0.433 e. The second-order valence-electron chi connectivity index (χ2n) is 7.26. The molecule has 3 heterocycles. The Bertz CT molecular complexity index is 815. The predicted molar refractivity (Wildman–Crippen MR) is 99.2 cm³/mol. The number of anilines is 1. The highest BCUT2D eigenvalue weighted by atomic mass is 19.4. The molecule has 158 valence electrons. The number of aromatic nitrogens is 5. The van der Waals surface area contributed by atoms with E-state index in [-0.39, 0.29) is 17.8 Å². The summed E-state index contributed by atoms with van der Waals surface area (Å²) in [6.45, 7) is 5.85. The number of rotatable bonds is 6. The Hall–Kier alpha value is -2.72. The van der Waals surface area contributed by atoms with E-state index in [9.17, 15) is 18.0 Å². The first-order valence-electron chi connectivity index (χ1n) is 9.55. The zero-order valence-electron chi connectivity index (χ0n) is 16.4. The van der Waals surface area contributed by atoms with Gasteiger partial charge in [-0.05, 0) is 18.4 Å². The third-order valence-electron chi connectivity index (χ3n) is 4.78. The minimum atomic E-state index is -4.52. The molecule has 11 heteroatoms. The molecule has 0 atom stereocenters. The fourth-order valence-electron chi connectivity index (χ4n) is 3.09. The maximum Gasteiger partial charge on any atom is 0.433 e. The van der Waals surface area contributed by atoms with E-state index in [0.29, 0.717) is 51.3 Å². The van der Waals surface area contributed by atoms with Crippen LogP contribution in [-0.2, 0) is 17.5 Å². The van der Waals surface area contributed by atoms with Gasteiger partial charge in [-0.2, -0.15) is 18.3 Å². The van der Waals surface area contributed by atoms with Crippen LogP contribution >= 0.6 is 0 Å². The fraction of sp³-hybridized carbons (Fsp3) is 0.611. The van der Waals surface area contributed by atoms with E-state index in [1.807, 2.05) is 0 Å². The van der Waals surface area contributed by atoms with Crippen LogP contribution in [0.5, 0.6) is 0 Å². The standard InChI is InChI=1S/C18H24F3N7O/c1-13(2)14-10-15(18(19,20)21)25-17(24-14)27-8-6-26(7-9-27)16(29)4-3-5-28-12-22-11-23-28/h10-13H,3-9H2,1-2H3. The smallest absolute Gasteiger partial charge is 0.339 e. The Morgan fingerprint density at radius 2 is 1.90 bits per heavy atom. The molecule has 3 rings (SSSR count). The van der Waals surface area contributed by atoms with E-state index in [1.165, 1.54) is 6.33 Å². The van der Waals surface area contributed by atoms with Crippen LogP contribution in [0.25, 0.3) is 0 Å². The summed E-state index contributed by atoms with van der Waals surface area (Å²) in [7, 11) is 0. The van der Waals surface area contributed by atoms with Gasteiger partial charge in [0, 0.05) is 44.8 Å². The van der Waals surface area contributed by atoms with Gasteiger partial charge >= 0.3 is 6.18 Å². The van der Waals surface area contributed by atoms with Gasteiger partial charge in [0.15, 0.2) is 0 Å². The van der Waals surface area contributed by atoms with E-state index in [1.54, 1.807) is 34.7 Å². The highest BCUT2D eigenvalue weighted by Crippen LogP contribution is 2.30. The Kier molecular flexibility index (Phi) is 6.33. The molecule has 1 aliphatic heterocycles. The second kappa shape index (κ2) is 8.75. The summed E-state index contributed by atoms with van der Waals surface area (Å²) in [5.74, 6) is -0.0508. The lowest BCUT2D eigenvalue weighted by Crippen LogP contribution is -2.49. The van der Waals surface area contributed by atoms with Crippen LogP contribution in [0, 0.1) is 0 Å². The number of halogens is 3. The zero-order valence-corrected chi connectivity index (χ0v) is 16.4. The van der Waals surface area contributed by atoms with Crippen molar-refractivity contribution in [1.82, 2.24) is 29.6 Å². The monoisotopic (exact) mass is 411 g/mol. The van der Waals surface area contributed by atoms with E-state index < -0.39 is 11.9 Å². The summed E-state index contributed by atoms with van der Waals surface area (Å²) in [6, 6.07) is 1.00. The number of hydrogen-bond acceptors (Lipinski definition) is 6. The molecule has 0 aliphatic carbocycles. The number of carbonyl (C=O) groups excluding carboxylic acids is 1. The maximum absolute atomic E-state index is 13.2. The van der Waals surface area contributed by atoms with Crippen molar-refractivity contribution in [2.75, 3.05) is 31.1 Å². The Morgan fingerprint density at radius 1 is 1.17 bits per heavy atom.